The van der Waals surface area contributed by atoms with Gasteiger partial charge in [-0.05, 0) is 31.4 Å². The van der Waals surface area contributed by atoms with E-state index in [9.17, 15) is 4.39 Å². The molecule has 2 nitrogen and oxygen atoms in total. The third kappa shape index (κ3) is 4.29. The summed E-state index contributed by atoms with van der Waals surface area (Å²) in [5.41, 5.74) is 1.68. The van der Waals surface area contributed by atoms with Crippen molar-refractivity contribution >= 4 is 0 Å². The van der Waals surface area contributed by atoms with Crippen LogP contribution in [0.15, 0.2) is 18.2 Å². The molecule has 3 heteroatoms. The van der Waals surface area contributed by atoms with Gasteiger partial charge in [0.05, 0.1) is 12.1 Å². The summed E-state index contributed by atoms with van der Waals surface area (Å²) in [5.74, 6) is -0.171. The Balaban J connectivity index is 3.19. The van der Waals surface area contributed by atoms with E-state index in [1.807, 2.05) is 13.0 Å². The van der Waals surface area contributed by atoms with Crippen molar-refractivity contribution in [1.29, 1.82) is 0 Å². The van der Waals surface area contributed by atoms with Gasteiger partial charge in [0.15, 0.2) is 0 Å². The highest BCUT2D eigenvalue weighted by atomic mass is 19.1. The molecule has 0 aliphatic carbocycles. The number of nitrogens with one attached hydrogen (secondary N) is 1. The van der Waals surface area contributed by atoms with E-state index in [1.54, 1.807) is 19.2 Å². The van der Waals surface area contributed by atoms with Crippen LogP contribution < -0.4 is 5.32 Å². The molecule has 1 aromatic rings. The van der Waals surface area contributed by atoms with Crippen LogP contribution >= 0.6 is 0 Å². The third-order valence-corrected chi connectivity index (χ3v) is 3.51. The molecule has 0 aliphatic heterocycles. The molecule has 0 saturated carbocycles. The van der Waals surface area contributed by atoms with E-state index in [0.717, 1.165) is 18.5 Å². The average molecular weight is 281 g/mol. The predicted molar refractivity (Wildman–Crippen MR) is 82.4 cm³/mol. The highest BCUT2D eigenvalue weighted by molar-refractivity contribution is 5.28. The molecule has 2 atom stereocenters. The van der Waals surface area contributed by atoms with Gasteiger partial charge in [0.25, 0.3) is 0 Å². The molecule has 0 heterocycles. The average Bonchev–Trinajstić information content (AvgIpc) is 2.36. The Hall–Kier alpha value is -0.930. The maximum atomic E-state index is 14.2. The quantitative estimate of drug-likeness (QED) is 0.842. The molecular formula is C17H28FNO. The van der Waals surface area contributed by atoms with Crippen molar-refractivity contribution in [3.05, 3.63) is 35.1 Å². The van der Waals surface area contributed by atoms with Gasteiger partial charge in [0.2, 0.25) is 0 Å². The van der Waals surface area contributed by atoms with Gasteiger partial charge in [-0.15, -0.1) is 0 Å². The molecule has 1 N–H and O–H groups in total. The molecule has 2 unspecified atom stereocenters. The van der Waals surface area contributed by atoms with E-state index in [0.29, 0.717) is 5.56 Å². The van der Waals surface area contributed by atoms with Gasteiger partial charge < -0.3 is 10.1 Å². The summed E-state index contributed by atoms with van der Waals surface area (Å²) < 4.78 is 19.9. The van der Waals surface area contributed by atoms with Crippen LogP contribution in [0.3, 0.4) is 0 Å². The molecule has 0 fully saturated rings. The van der Waals surface area contributed by atoms with Crippen molar-refractivity contribution in [1.82, 2.24) is 5.32 Å². The molecule has 1 aromatic carbocycles. The van der Waals surface area contributed by atoms with E-state index in [-0.39, 0.29) is 23.4 Å². The minimum Gasteiger partial charge on any atom is -0.379 e. The predicted octanol–water partition coefficient (Wildman–Crippen LogP) is 4.24. The Morgan fingerprint density at radius 2 is 1.95 bits per heavy atom. The van der Waals surface area contributed by atoms with Crippen LogP contribution in [0.1, 0.15) is 51.3 Å². The third-order valence-electron chi connectivity index (χ3n) is 3.51. The lowest BCUT2D eigenvalue weighted by molar-refractivity contribution is -0.0127. The molecule has 0 saturated heterocycles. The Labute approximate surface area is 122 Å². The van der Waals surface area contributed by atoms with E-state index in [1.165, 1.54) is 0 Å². The topological polar surface area (TPSA) is 21.3 Å². The van der Waals surface area contributed by atoms with Crippen LogP contribution in [-0.2, 0) is 4.74 Å². The van der Waals surface area contributed by atoms with Crippen molar-refractivity contribution in [3.8, 4) is 0 Å². The van der Waals surface area contributed by atoms with Gasteiger partial charge >= 0.3 is 0 Å². The molecule has 114 valence electrons. The highest BCUT2D eigenvalue weighted by Gasteiger charge is 2.34. The van der Waals surface area contributed by atoms with Crippen LogP contribution in [0.4, 0.5) is 4.39 Å². The van der Waals surface area contributed by atoms with Crippen LogP contribution in [-0.4, -0.2) is 19.8 Å². The fourth-order valence-corrected chi connectivity index (χ4v) is 2.57. The molecule has 0 aromatic heterocycles. The van der Waals surface area contributed by atoms with Gasteiger partial charge in [-0.2, -0.15) is 0 Å². The lowest BCUT2D eigenvalue weighted by Crippen LogP contribution is -2.42. The second kappa shape index (κ2) is 7.19. The monoisotopic (exact) mass is 281 g/mol. The van der Waals surface area contributed by atoms with Crippen molar-refractivity contribution in [3.63, 3.8) is 0 Å². The smallest absolute Gasteiger partial charge is 0.128 e. The van der Waals surface area contributed by atoms with Gasteiger partial charge in [0, 0.05) is 12.7 Å². The normalized spacial score (nSPS) is 15.2. The lowest BCUT2D eigenvalue weighted by atomic mass is 9.81. The Morgan fingerprint density at radius 1 is 1.30 bits per heavy atom. The molecule has 0 aliphatic rings. The van der Waals surface area contributed by atoms with E-state index >= 15 is 0 Å². The molecule has 1 rings (SSSR count). The van der Waals surface area contributed by atoms with Crippen molar-refractivity contribution in [2.24, 2.45) is 5.41 Å². The molecule has 0 amide bonds. The molecule has 0 spiro atoms. The number of rotatable bonds is 6. The largest absolute Gasteiger partial charge is 0.379 e. The number of hydrogen-bond donors (Lipinski definition) is 1. The van der Waals surface area contributed by atoms with E-state index in [2.05, 4.69) is 33.0 Å². The zero-order valence-corrected chi connectivity index (χ0v) is 13.6. The van der Waals surface area contributed by atoms with Gasteiger partial charge in [0.1, 0.15) is 5.82 Å². The number of methoxy groups -OCH3 is 1. The zero-order chi connectivity index (χ0) is 15.3. The van der Waals surface area contributed by atoms with Crippen LogP contribution in [0.5, 0.6) is 0 Å². The van der Waals surface area contributed by atoms with Gasteiger partial charge in [-0.25, -0.2) is 4.39 Å². The van der Waals surface area contributed by atoms with Crippen molar-refractivity contribution in [2.45, 2.75) is 53.2 Å². The van der Waals surface area contributed by atoms with Gasteiger partial charge in [-0.3, -0.25) is 0 Å². The van der Waals surface area contributed by atoms with Crippen LogP contribution in [0.2, 0.25) is 0 Å². The molecular weight excluding hydrogens is 253 g/mol. The van der Waals surface area contributed by atoms with E-state index < -0.39 is 0 Å². The first-order valence-electron chi connectivity index (χ1n) is 7.33. The zero-order valence-electron chi connectivity index (χ0n) is 13.6. The second-order valence-corrected chi connectivity index (χ2v) is 6.48. The number of benzene rings is 1. The van der Waals surface area contributed by atoms with Crippen molar-refractivity contribution < 1.29 is 9.13 Å². The maximum Gasteiger partial charge on any atom is 0.128 e. The van der Waals surface area contributed by atoms with Crippen molar-refractivity contribution in [2.75, 3.05) is 13.7 Å². The maximum absolute atomic E-state index is 14.2. The summed E-state index contributed by atoms with van der Waals surface area (Å²) >= 11 is 0. The first-order valence-corrected chi connectivity index (χ1v) is 7.33. The summed E-state index contributed by atoms with van der Waals surface area (Å²) in [7, 11) is 1.70. The fraction of sp³-hybridized carbons (Fsp3) is 0.647. The highest BCUT2D eigenvalue weighted by Crippen LogP contribution is 2.33. The SMILES string of the molecule is CCCNC(c1cc(C)ccc1F)C(OC)C(C)(C)C. The number of hydrogen-bond acceptors (Lipinski definition) is 2. The Kier molecular flexibility index (Phi) is 6.15. The second-order valence-electron chi connectivity index (χ2n) is 6.48. The summed E-state index contributed by atoms with van der Waals surface area (Å²) in [6.07, 6.45) is 0.912. The minimum absolute atomic E-state index is 0.0731. The summed E-state index contributed by atoms with van der Waals surface area (Å²) in [4.78, 5) is 0. The molecule has 0 bridgehead atoms. The Morgan fingerprint density at radius 3 is 2.45 bits per heavy atom. The summed E-state index contributed by atoms with van der Waals surface area (Å²) in [6, 6.07) is 5.12. The molecule has 0 radical (unpaired) electrons. The van der Waals surface area contributed by atoms with Crippen LogP contribution in [0.25, 0.3) is 0 Å². The number of aryl methyl sites for hydroxylation is 1. The standard InChI is InChI=1S/C17H28FNO/c1-7-10-19-15(16(20-6)17(3,4)5)13-11-12(2)8-9-14(13)18/h8-9,11,15-16,19H,7,10H2,1-6H3. The van der Waals surface area contributed by atoms with Gasteiger partial charge in [-0.1, -0.05) is 45.4 Å². The number of halogens is 1. The van der Waals surface area contributed by atoms with Crippen LogP contribution in [0, 0.1) is 18.2 Å². The Bertz CT molecular complexity index is 425. The first kappa shape index (κ1) is 17.1. The van der Waals surface area contributed by atoms with E-state index in [4.69, 9.17) is 4.74 Å². The molecule has 20 heavy (non-hydrogen) atoms. The fourth-order valence-electron chi connectivity index (χ4n) is 2.57. The first-order chi connectivity index (χ1) is 9.31. The number of ether oxygens (including phenoxy) is 1. The minimum atomic E-state index is -0.171. The summed E-state index contributed by atoms with van der Waals surface area (Å²) in [5, 5.41) is 3.45. The summed E-state index contributed by atoms with van der Waals surface area (Å²) in [6.45, 7) is 11.3. The lowest BCUT2D eigenvalue weighted by Gasteiger charge is -2.37.